The predicted octanol–water partition coefficient (Wildman–Crippen LogP) is 3.42. The maximum absolute atomic E-state index is 4.79. The molecule has 2 aromatic carbocycles. The summed E-state index contributed by atoms with van der Waals surface area (Å²) in [5, 5.41) is 0. The van der Waals surface area contributed by atoms with E-state index in [0.29, 0.717) is 0 Å². The summed E-state index contributed by atoms with van der Waals surface area (Å²) in [7, 11) is 2.01. The van der Waals surface area contributed by atoms with Gasteiger partial charge < -0.3 is 4.57 Å². The minimum Gasteiger partial charge on any atom is -0.320 e. The van der Waals surface area contributed by atoms with Crippen LogP contribution in [0.25, 0.3) is 39.3 Å². The van der Waals surface area contributed by atoms with Crippen LogP contribution in [0.1, 0.15) is 0 Å². The number of benzene rings is 2. The first-order valence-electron chi connectivity index (χ1n) is 8.17. The Morgan fingerprint density at radius 2 is 1.48 bits per heavy atom. The number of hydrogen-bond acceptors (Lipinski definition) is 2. The Kier molecular flexibility index (Phi) is 2.21. The molecule has 0 N–H and O–H groups in total. The predicted molar refractivity (Wildman–Crippen MR) is 97.3 cm³/mol. The van der Waals surface area contributed by atoms with Gasteiger partial charge in [-0.25, -0.2) is 9.97 Å². The molecular weight excluding hydrogens is 312 g/mol. The Labute approximate surface area is 142 Å². The lowest BCUT2D eigenvalue weighted by atomic mass is 10.2. The van der Waals surface area contributed by atoms with E-state index in [-0.39, 0.29) is 0 Å². The van der Waals surface area contributed by atoms with E-state index >= 15 is 0 Å². The number of imidazole rings is 4. The number of hydrogen-bond donors (Lipinski definition) is 0. The van der Waals surface area contributed by atoms with Crippen LogP contribution in [0.4, 0.5) is 0 Å². The first kappa shape index (κ1) is 12.8. The van der Waals surface area contributed by atoms with Crippen molar-refractivity contribution in [2.24, 2.45) is 7.05 Å². The summed E-state index contributed by atoms with van der Waals surface area (Å²) in [6.07, 6.45) is 8.18. The van der Waals surface area contributed by atoms with E-state index in [4.69, 9.17) is 9.97 Å². The second-order valence-electron chi connectivity index (χ2n) is 6.30. The lowest BCUT2D eigenvalue weighted by Crippen LogP contribution is -1.93. The Morgan fingerprint density at radius 3 is 2.44 bits per heavy atom. The summed E-state index contributed by atoms with van der Waals surface area (Å²) < 4.78 is 8.37. The molecular formula is C19H14N6. The molecule has 6 aromatic rings. The average molecular weight is 326 g/mol. The third-order valence-electron chi connectivity index (χ3n) is 4.84. The molecule has 6 nitrogen and oxygen atoms in total. The van der Waals surface area contributed by atoms with Crippen molar-refractivity contribution in [3.05, 3.63) is 67.3 Å². The molecule has 0 saturated carbocycles. The smallest absolute Gasteiger partial charge is 0.219 e. The van der Waals surface area contributed by atoms with E-state index in [1.807, 2.05) is 42.2 Å². The normalized spacial score (nSPS) is 12.2. The fraction of sp³-hybridized carbons (Fsp3) is 0.0526. The first-order valence-corrected chi connectivity index (χ1v) is 8.17. The van der Waals surface area contributed by atoms with Gasteiger partial charge in [0, 0.05) is 31.8 Å². The van der Waals surface area contributed by atoms with Crippen LogP contribution in [0.15, 0.2) is 67.3 Å². The van der Waals surface area contributed by atoms with Gasteiger partial charge in [0.15, 0.2) is 0 Å². The van der Waals surface area contributed by atoms with E-state index < -0.39 is 0 Å². The molecule has 0 aliphatic rings. The minimum atomic E-state index is 0.911. The van der Waals surface area contributed by atoms with Crippen LogP contribution in [-0.2, 0) is 7.05 Å². The van der Waals surface area contributed by atoms with Crippen LogP contribution in [-0.4, -0.2) is 27.9 Å². The van der Waals surface area contributed by atoms with Gasteiger partial charge in [0.25, 0.3) is 0 Å². The van der Waals surface area contributed by atoms with E-state index in [1.54, 1.807) is 0 Å². The van der Waals surface area contributed by atoms with Gasteiger partial charge in [-0.15, -0.1) is 0 Å². The summed E-state index contributed by atoms with van der Waals surface area (Å²) in [6, 6.07) is 14.5. The lowest BCUT2D eigenvalue weighted by molar-refractivity contribution is 0.940. The Hall–Kier alpha value is -3.54. The minimum absolute atomic E-state index is 0.911. The number of rotatable bonds is 1. The molecule has 0 saturated heterocycles. The molecule has 25 heavy (non-hydrogen) atoms. The molecule has 0 fully saturated rings. The zero-order valence-corrected chi connectivity index (χ0v) is 13.5. The van der Waals surface area contributed by atoms with E-state index in [2.05, 4.69) is 50.0 Å². The molecule has 0 aliphatic carbocycles. The van der Waals surface area contributed by atoms with Crippen LogP contribution in [0.3, 0.4) is 0 Å². The van der Waals surface area contributed by atoms with Crippen LogP contribution < -0.4 is 0 Å². The van der Waals surface area contributed by atoms with Crippen molar-refractivity contribution in [1.29, 1.82) is 0 Å². The fourth-order valence-corrected chi connectivity index (χ4v) is 3.60. The molecule has 0 spiro atoms. The lowest BCUT2D eigenvalue weighted by Gasteiger charge is -2.03. The molecule has 0 radical (unpaired) electrons. The molecule has 6 heteroatoms. The maximum Gasteiger partial charge on any atom is 0.219 e. The zero-order valence-electron chi connectivity index (χ0n) is 13.5. The van der Waals surface area contributed by atoms with Crippen molar-refractivity contribution in [3.63, 3.8) is 0 Å². The average Bonchev–Trinajstić information content (AvgIpc) is 3.36. The van der Waals surface area contributed by atoms with Gasteiger partial charge in [-0.05, 0) is 30.3 Å². The Bertz CT molecular complexity index is 1410. The molecule has 4 aromatic heterocycles. The first-order chi connectivity index (χ1) is 12.3. The summed E-state index contributed by atoms with van der Waals surface area (Å²) in [6.45, 7) is 0. The van der Waals surface area contributed by atoms with Crippen molar-refractivity contribution in [1.82, 2.24) is 27.9 Å². The summed E-state index contributed by atoms with van der Waals surface area (Å²) in [5.74, 6) is 1.85. The summed E-state index contributed by atoms with van der Waals surface area (Å²) >= 11 is 0. The summed E-state index contributed by atoms with van der Waals surface area (Å²) in [4.78, 5) is 9.48. The Balaban J connectivity index is 1.66. The van der Waals surface area contributed by atoms with Gasteiger partial charge in [-0.2, -0.15) is 0 Å². The van der Waals surface area contributed by atoms with Crippen molar-refractivity contribution in [2.75, 3.05) is 0 Å². The van der Waals surface area contributed by atoms with Crippen LogP contribution >= 0.6 is 0 Å². The van der Waals surface area contributed by atoms with Gasteiger partial charge in [-0.1, -0.05) is 12.1 Å². The highest BCUT2D eigenvalue weighted by Gasteiger charge is 2.12. The van der Waals surface area contributed by atoms with E-state index in [0.717, 1.165) is 39.3 Å². The van der Waals surface area contributed by atoms with Crippen molar-refractivity contribution in [2.45, 2.75) is 0 Å². The fourth-order valence-electron chi connectivity index (χ4n) is 3.60. The zero-order chi connectivity index (χ0) is 16.5. The molecule has 4 heterocycles. The molecule has 6 rings (SSSR count). The maximum atomic E-state index is 4.79. The highest BCUT2D eigenvalue weighted by Crippen LogP contribution is 2.24. The largest absolute Gasteiger partial charge is 0.320 e. The van der Waals surface area contributed by atoms with Gasteiger partial charge in [0.2, 0.25) is 11.6 Å². The van der Waals surface area contributed by atoms with Crippen LogP contribution in [0, 0.1) is 0 Å². The third kappa shape index (κ3) is 1.58. The second-order valence-corrected chi connectivity index (χ2v) is 6.30. The highest BCUT2D eigenvalue weighted by molar-refractivity contribution is 5.83. The molecule has 0 amide bonds. The monoisotopic (exact) mass is 326 g/mol. The van der Waals surface area contributed by atoms with Gasteiger partial charge in [0.05, 0.1) is 27.8 Å². The number of fused-ring (bicyclic) bond motifs is 6. The van der Waals surface area contributed by atoms with Crippen LogP contribution in [0.2, 0.25) is 0 Å². The third-order valence-corrected chi connectivity index (χ3v) is 4.84. The van der Waals surface area contributed by atoms with Crippen molar-refractivity contribution < 1.29 is 0 Å². The number of para-hydroxylation sites is 2. The SMILES string of the molecule is Cn1ccn2c3cc(-n4ccn5c6ccccc6nc45)ccc3nc12. The number of aryl methyl sites for hydroxylation is 1. The van der Waals surface area contributed by atoms with Gasteiger partial charge in [-0.3, -0.25) is 13.4 Å². The number of aromatic nitrogens is 6. The van der Waals surface area contributed by atoms with E-state index in [9.17, 15) is 0 Å². The molecule has 0 aliphatic heterocycles. The molecule has 0 unspecified atom stereocenters. The van der Waals surface area contributed by atoms with Gasteiger partial charge in [0.1, 0.15) is 0 Å². The van der Waals surface area contributed by atoms with E-state index in [1.165, 1.54) is 0 Å². The standard InChI is InChI=1S/C19H14N6/c1-22-8-9-25-17-12-13(6-7-15(17)20-18(22)25)23-10-11-24-16-5-3-2-4-14(16)21-19(23)24/h2-12H,1H3. The second kappa shape index (κ2) is 4.30. The van der Waals surface area contributed by atoms with Crippen LogP contribution in [0.5, 0.6) is 0 Å². The topological polar surface area (TPSA) is 44.5 Å². The van der Waals surface area contributed by atoms with Crippen molar-refractivity contribution >= 4 is 33.6 Å². The highest BCUT2D eigenvalue weighted by atomic mass is 15.2. The van der Waals surface area contributed by atoms with Crippen molar-refractivity contribution in [3.8, 4) is 5.69 Å². The quantitative estimate of drug-likeness (QED) is 0.465. The molecule has 0 atom stereocenters. The summed E-state index contributed by atoms with van der Waals surface area (Å²) in [5.41, 5.74) is 5.28. The molecule has 120 valence electrons. The van der Waals surface area contributed by atoms with Gasteiger partial charge >= 0.3 is 0 Å². The molecule has 0 bridgehead atoms. The Morgan fingerprint density at radius 1 is 0.720 bits per heavy atom. The number of nitrogens with zero attached hydrogens (tertiary/aromatic N) is 6.